The number of hydrogen-bond donors (Lipinski definition) is 2. The maximum Gasteiger partial charge on any atom is 0.128 e. The van der Waals surface area contributed by atoms with Crippen molar-refractivity contribution < 1.29 is 4.74 Å². The van der Waals surface area contributed by atoms with Crippen molar-refractivity contribution in [2.75, 3.05) is 7.11 Å². The fourth-order valence-electron chi connectivity index (χ4n) is 1.66. The molecule has 0 saturated carbocycles. The third-order valence-electron chi connectivity index (χ3n) is 2.50. The summed E-state index contributed by atoms with van der Waals surface area (Å²) in [4.78, 5) is 0. The molecule has 3 N–H and O–H groups in total. The van der Waals surface area contributed by atoms with Crippen LogP contribution in [0, 0.1) is 5.41 Å². The number of rotatable bonds is 2. The van der Waals surface area contributed by atoms with Crippen molar-refractivity contribution in [3.05, 3.63) is 30.0 Å². The van der Waals surface area contributed by atoms with Gasteiger partial charge in [-0.1, -0.05) is 0 Å². The molecular weight excluding hydrogens is 190 g/mol. The number of benzene rings is 1. The summed E-state index contributed by atoms with van der Waals surface area (Å²) in [6, 6.07) is 5.66. The second-order valence-electron chi connectivity index (χ2n) is 3.45. The predicted octanol–water partition coefficient (Wildman–Crippen LogP) is 1.47. The minimum absolute atomic E-state index is 0.0522. The van der Waals surface area contributed by atoms with Gasteiger partial charge in [-0.05, 0) is 18.2 Å². The van der Waals surface area contributed by atoms with E-state index in [1.807, 2.05) is 29.9 Å². The smallest absolute Gasteiger partial charge is 0.128 e. The van der Waals surface area contributed by atoms with Gasteiger partial charge in [-0.25, -0.2) is 0 Å². The summed E-state index contributed by atoms with van der Waals surface area (Å²) >= 11 is 0. The van der Waals surface area contributed by atoms with Crippen LogP contribution in [0.15, 0.2) is 24.4 Å². The number of aryl methyl sites for hydroxylation is 1. The van der Waals surface area contributed by atoms with Gasteiger partial charge in [0.15, 0.2) is 0 Å². The summed E-state index contributed by atoms with van der Waals surface area (Å²) in [5, 5.41) is 8.45. The zero-order chi connectivity index (χ0) is 11.0. The fraction of sp³-hybridized carbons (Fsp3) is 0.182. The van der Waals surface area contributed by atoms with Crippen molar-refractivity contribution in [1.29, 1.82) is 5.41 Å². The van der Waals surface area contributed by atoms with Crippen LogP contribution in [0.25, 0.3) is 10.9 Å². The van der Waals surface area contributed by atoms with Crippen LogP contribution in [0.5, 0.6) is 5.75 Å². The lowest BCUT2D eigenvalue weighted by Crippen LogP contribution is -2.11. The van der Waals surface area contributed by atoms with Crippen molar-refractivity contribution in [1.82, 2.24) is 4.57 Å². The Balaban J connectivity index is 2.79. The summed E-state index contributed by atoms with van der Waals surface area (Å²) in [6.07, 6.45) is 1.96. The van der Waals surface area contributed by atoms with Gasteiger partial charge < -0.3 is 15.0 Å². The first-order valence-electron chi connectivity index (χ1n) is 4.61. The summed E-state index contributed by atoms with van der Waals surface area (Å²) in [5.41, 5.74) is 7.16. The van der Waals surface area contributed by atoms with Crippen LogP contribution in [0.1, 0.15) is 5.56 Å². The van der Waals surface area contributed by atoms with Crippen LogP contribution in [0.4, 0.5) is 0 Å². The average molecular weight is 203 g/mol. The molecule has 0 unspecified atom stereocenters. The van der Waals surface area contributed by atoms with E-state index < -0.39 is 0 Å². The predicted molar refractivity (Wildman–Crippen MR) is 60.5 cm³/mol. The van der Waals surface area contributed by atoms with Crippen molar-refractivity contribution in [3.63, 3.8) is 0 Å². The molecule has 78 valence electrons. The second kappa shape index (κ2) is 3.31. The average Bonchev–Trinajstić information content (AvgIpc) is 2.59. The Morgan fingerprint density at radius 3 is 2.80 bits per heavy atom. The summed E-state index contributed by atoms with van der Waals surface area (Å²) in [6.45, 7) is 0. The number of nitrogens with one attached hydrogen (secondary N) is 1. The van der Waals surface area contributed by atoms with Crippen LogP contribution in [0.3, 0.4) is 0 Å². The minimum atomic E-state index is 0.0522. The number of nitrogens with zero attached hydrogens (tertiary/aromatic N) is 1. The Hall–Kier alpha value is -1.97. The Morgan fingerprint density at radius 2 is 2.20 bits per heavy atom. The van der Waals surface area contributed by atoms with Crippen LogP contribution in [-0.4, -0.2) is 17.5 Å². The lowest BCUT2D eigenvalue weighted by molar-refractivity contribution is 0.419. The molecule has 0 saturated heterocycles. The number of aromatic nitrogens is 1. The highest BCUT2D eigenvalue weighted by atomic mass is 16.5. The molecule has 0 aliphatic carbocycles. The van der Waals surface area contributed by atoms with Gasteiger partial charge in [0.1, 0.15) is 11.6 Å². The van der Waals surface area contributed by atoms with Gasteiger partial charge in [0, 0.05) is 24.2 Å². The third kappa shape index (κ3) is 1.44. The Labute approximate surface area is 87.8 Å². The van der Waals surface area contributed by atoms with Crippen molar-refractivity contribution in [2.24, 2.45) is 12.8 Å². The molecule has 2 rings (SSSR count). The van der Waals surface area contributed by atoms with Crippen LogP contribution < -0.4 is 10.5 Å². The molecule has 1 aromatic carbocycles. The molecule has 1 heterocycles. The number of hydrogen-bond acceptors (Lipinski definition) is 2. The maximum absolute atomic E-state index is 7.42. The molecule has 0 amide bonds. The van der Waals surface area contributed by atoms with E-state index in [2.05, 4.69) is 0 Å². The number of amidine groups is 1. The van der Waals surface area contributed by atoms with E-state index in [9.17, 15) is 0 Å². The molecular formula is C11H13N3O. The fourth-order valence-corrected chi connectivity index (χ4v) is 1.66. The van der Waals surface area contributed by atoms with Crippen molar-refractivity contribution >= 4 is 16.7 Å². The van der Waals surface area contributed by atoms with Crippen molar-refractivity contribution in [3.8, 4) is 5.75 Å². The van der Waals surface area contributed by atoms with Crippen LogP contribution >= 0.6 is 0 Å². The monoisotopic (exact) mass is 203 g/mol. The second-order valence-corrected chi connectivity index (χ2v) is 3.45. The molecule has 0 radical (unpaired) electrons. The Morgan fingerprint density at radius 1 is 1.47 bits per heavy atom. The number of fused-ring (bicyclic) bond motifs is 1. The Bertz CT molecular complexity index is 528. The topological polar surface area (TPSA) is 64.0 Å². The SMILES string of the molecule is COc1cc(C(=N)N)cc2c1ccn2C. The van der Waals surface area contributed by atoms with Crippen LogP contribution in [-0.2, 0) is 7.05 Å². The standard InChI is InChI=1S/C11H13N3O/c1-14-4-3-8-9(14)5-7(11(12)13)6-10(8)15-2/h3-6H,1-2H3,(H3,12,13). The summed E-state index contributed by atoms with van der Waals surface area (Å²) < 4.78 is 7.24. The number of ether oxygens (including phenoxy) is 1. The lowest BCUT2D eigenvalue weighted by atomic mass is 10.1. The third-order valence-corrected chi connectivity index (χ3v) is 2.50. The number of nitrogens with two attached hydrogens (primary N) is 1. The maximum atomic E-state index is 7.42. The van der Waals surface area contributed by atoms with E-state index in [1.165, 1.54) is 0 Å². The first-order valence-corrected chi connectivity index (χ1v) is 4.61. The quantitative estimate of drug-likeness (QED) is 0.573. The van der Waals surface area contributed by atoms with Gasteiger partial charge in [0.05, 0.1) is 12.6 Å². The van der Waals surface area contributed by atoms with Crippen molar-refractivity contribution in [2.45, 2.75) is 0 Å². The van der Waals surface area contributed by atoms with E-state index in [-0.39, 0.29) is 5.84 Å². The Kier molecular flexibility index (Phi) is 2.11. The lowest BCUT2D eigenvalue weighted by Gasteiger charge is -2.06. The van der Waals surface area contributed by atoms with Gasteiger partial charge in [-0.15, -0.1) is 0 Å². The molecule has 2 aromatic rings. The molecule has 15 heavy (non-hydrogen) atoms. The number of nitrogen functional groups attached to an aromatic ring is 1. The number of methoxy groups -OCH3 is 1. The zero-order valence-electron chi connectivity index (χ0n) is 8.74. The van der Waals surface area contributed by atoms with Gasteiger partial charge in [0.25, 0.3) is 0 Å². The molecule has 0 aliphatic rings. The first-order chi connectivity index (χ1) is 7.13. The molecule has 0 bridgehead atoms. The highest BCUT2D eigenvalue weighted by Gasteiger charge is 2.08. The highest BCUT2D eigenvalue weighted by molar-refractivity contribution is 6.00. The van der Waals surface area contributed by atoms with Gasteiger partial charge in [-0.3, -0.25) is 5.41 Å². The minimum Gasteiger partial charge on any atom is -0.496 e. The first kappa shape index (κ1) is 9.58. The largest absolute Gasteiger partial charge is 0.496 e. The molecule has 4 heteroatoms. The summed E-state index contributed by atoms with van der Waals surface area (Å²) in [7, 11) is 3.57. The van der Waals surface area contributed by atoms with E-state index in [1.54, 1.807) is 13.2 Å². The molecule has 4 nitrogen and oxygen atoms in total. The van der Waals surface area contributed by atoms with Gasteiger partial charge in [-0.2, -0.15) is 0 Å². The highest BCUT2D eigenvalue weighted by Crippen LogP contribution is 2.27. The molecule has 0 aliphatic heterocycles. The molecule has 0 atom stereocenters. The summed E-state index contributed by atoms with van der Waals surface area (Å²) in [5.74, 6) is 0.801. The van der Waals surface area contributed by atoms with Gasteiger partial charge >= 0.3 is 0 Å². The molecule has 1 aromatic heterocycles. The van der Waals surface area contributed by atoms with Gasteiger partial charge in [0.2, 0.25) is 0 Å². The molecule has 0 fully saturated rings. The van der Waals surface area contributed by atoms with Crippen LogP contribution in [0.2, 0.25) is 0 Å². The zero-order valence-corrected chi connectivity index (χ0v) is 8.74. The van der Waals surface area contributed by atoms with E-state index in [4.69, 9.17) is 15.9 Å². The van der Waals surface area contributed by atoms with E-state index in [0.717, 1.165) is 16.7 Å². The van der Waals surface area contributed by atoms with E-state index in [0.29, 0.717) is 5.56 Å². The molecule has 0 spiro atoms. The van der Waals surface area contributed by atoms with E-state index >= 15 is 0 Å². The normalized spacial score (nSPS) is 10.5.